The van der Waals surface area contributed by atoms with Gasteiger partial charge in [0.2, 0.25) is 0 Å². The maximum Gasteiger partial charge on any atom is 0.137 e. The van der Waals surface area contributed by atoms with Crippen molar-refractivity contribution in [3.63, 3.8) is 0 Å². The van der Waals surface area contributed by atoms with Crippen LogP contribution in [-0.4, -0.2) is 50.3 Å². The Bertz CT molecular complexity index is 1460. The Hall–Kier alpha value is -3.12. The first kappa shape index (κ1) is 24.7. The molecule has 3 aromatic heterocycles. The van der Waals surface area contributed by atoms with Crippen LogP contribution in [0.15, 0.2) is 49.7 Å². The third-order valence-electron chi connectivity index (χ3n) is 10.8. The number of hydrogen-bond acceptors (Lipinski definition) is 5. The quantitative estimate of drug-likeness (QED) is 0.363. The van der Waals surface area contributed by atoms with E-state index in [-0.39, 0.29) is 0 Å². The third kappa shape index (κ3) is 4.27. The van der Waals surface area contributed by atoms with E-state index in [2.05, 4.69) is 73.7 Å². The summed E-state index contributed by atoms with van der Waals surface area (Å²) in [6, 6.07) is 4.45. The van der Waals surface area contributed by atoms with Gasteiger partial charge in [-0.3, -0.25) is 9.88 Å². The van der Waals surface area contributed by atoms with Crippen LogP contribution in [0.25, 0.3) is 17.4 Å². The number of likely N-dealkylation sites (tertiary alicyclic amines) is 1. The predicted molar refractivity (Wildman–Crippen MR) is 162 cm³/mol. The molecule has 6 heterocycles. The first-order chi connectivity index (χ1) is 19.6. The van der Waals surface area contributed by atoms with Gasteiger partial charge in [0.25, 0.3) is 0 Å². The van der Waals surface area contributed by atoms with Crippen molar-refractivity contribution < 1.29 is 0 Å². The SMILES string of the molecule is C=C1c2cncc(N3CC4(CCCCC4)C3)c2C=CN1Cc1cn2cc(CN3CCC4(CCCC4)C3)ccc2n1. The third-order valence-corrected chi connectivity index (χ3v) is 10.8. The summed E-state index contributed by atoms with van der Waals surface area (Å²) in [6.07, 6.45) is 27.1. The number of anilines is 1. The van der Waals surface area contributed by atoms with Crippen LogP contribution in [0.5, 0.6) is 0 Å². The molecule has 6 heteroatoms. The zero-order valence-corrected chi connectivity index (χ0v) is 23.8. The summed E-state index contributed by atoms with van der Waals surface area (Å²) in [7, 11) is 0. The second-order valence-electron chi connectivity index (χ2n) is 13.6. The number of rotatable bonds is 5. The molecule has 0 N–H and O–H groups in total. The minimum atomic E-state index is 0.554. The second kappa shape index (κ2) is 9.47. The lowest BCUT2D eigenvalue weighted by Crippen LogP contribution is -2.57. The molecule has 6 nitrogen and oxygen atoms in total. The standard InChI is InChI=1S/C34H42N6/c1-26-30-17-35-18-31(40-24-34(25-40)12-3-2-4-13-34)29(30)9-15-38(26)21-28-22-39-20-27(7-8-32(39)36-28)19-37-16-14-33(23-37)10-5-6-11-33/h7-9,15,17-18,20,22H,1-6,10-14,16,19,21,23-25H2. The molecule has 208 valence electrons. The van der Waals surface area contributed by atoms with Crippen molar-refractivity contribution in [1.29, 1.82) is 0 Å². The lowest BCUT2D eigenvalue weighted by Gasteiger charge is -2.54. The zero-order valence-electron chi connectivity index (χ0n) is 23.8. The molecule has 8 rings (SSSR count). The summed E-state index contributed by atoms with van der Waals surface area (Å²) < 4.78 is 2.21. The van der Waals surface area contributed by atoms with Crippen LogP contribution < -0.4 is 4.90 Å². The van der Waals surface area contributed by atoms with Crippen LogP contribution in [0.1, 0.15) is 86.6 Å². The van der Waals surface area contributed by atoms with Crippen LogP contribution in [0.4, 0.5) is 5.69 Å². The van der Waals surface area contributed by atoms with Crippen molar-refractivity contribution in [2.24, 2.45) is 10.8 Å². The normalized spacial score (nSPS) is 23.4. The fraction of sp³-hybridized carbons (Fsp3) is 0.529. The maximum atomic E-state index is 4.95. The van der Waals surface area contributed by atoms with E-state index in [1.165, 1.54) is 107 Å². The molecule has 4 fully saturated rings. The highest BCUT2D eigenvalue weighted by Crippen LogP contribution is 2.48. The minimum Gasteiger partial charge on any atom is -0.369 e. The van der Waals surface area contributed by atoms with E-state index >= 15 is 0 Å². The molecule has 2 saturated heterocycles. The first-order valence-electron chi connectivity index (χ1n) is 15.6. The molecule has 3 aliphatic heterocycles. The topological polar surface area (TPSA) is 39.9 Å². The lowest BCUT2D eigenvalue weighted by atomic mass is 9.68. The highest BCUT2D eigenvalue weighted by Gasteiger charge is 2.44. The van der Waals surface area contributed by atoms with Gasteiger partial charge in [0.1, 0.15) is 5.65 Å². The Morgan fingerprint density at radius 3 is 2.48 bits per heavy atom. The van der Waals surface area contributed by atoms with Gasteiger partial charge in [-0.1, -0.05) is 44.7 Å². The number of fused-ring (bicyclic) bond motifs is 2. The van der Waals surface area contributed by atoms with Gasteiger partial charge in [-0.25, -0.2) is 4.98 Å². The maximum absolute atomic E-state index is 4.95. The summed E-state index contributed by atoms with van der Waals surface area (Å²) in [5.74, 6) is 0. The Balaban J connectivity index is 0.953. The van der Waals surface area contributed by atoms with Gasteiger partial charge < -0.3 is 14.2 Å². The van der Waals surface area contributed by atoms with Crippen molar-refractivity contribution in [2.75, 3.05) is 31.1 Å². The van der Waals surface area contributed by atoms with E-state index in [1.54, 1.807) is 0 Å². The Kier molecular flexibility index (Phi) is 5.84. The number of hydrogen-bond donors (Lipinski definition) is 0. The minimum absolute atomic E-state index is 0.554. The summed E-state index contributed by atoms with van der Waals surface area (Å²) in [4.78, 5) is 17.0. The van der Waals surface area contributed by atoms with Crippen LogP contribution >= 0.6 is 0 Å². The van der Waals surface area contributed by atoms with E-state index in [1.807, 2.05) is 6.20 Å². The summed E-state index contributed by atoms with van der Waals surface area (Å²) in [5.41, 5.74) is 9.30. The Morgan fingerprint density at radius 1 is 0.825 bits per heavy atom. The molecule has 0 bridgehead atoms. The van der Waals surface area contributed by atoms with Crippen molar-refractivity contribution in [2.45, 2.75) is 77.3 Å². The van der Waals surface area contributed by atoms with Crippen LogP contribution in [0.2, 0.25) is 0 Å². The monoisotopic (exact) mass is 534 g/mol. The molecule has 2 aliphatic carbocycles. The average Bonchev–Trinajstić information content (AvgIpc) is 3.69. The van der Waals surface area contributed by atoms with Gasteiger partial charge in [-0.15, -0.1) is 0 Å². The van der Waals surface area contributed by atoms with Crippen LogP contribution in [0, 0.1) is 10.8 Å². The van der Waals surface area contributed by atoms with Gasteiger partial charge >= 0.3 is 0 Å². The van der Waals surface area contributed by atoms with Crippen molar-refractivity contribution in [1.82, 2.24) is 24.2 Å². The van der Waals surface area contributed by atoms with Gasteiger partial charge in [-0.2, -0.15) is 0 Å². The second-order valence-corrected chi connectivity index (χ2v) is 13.6. The fourth-order valence-electron chi connectivity index (χ4n) is 8.61. The number of nitrogens with zero attached hydrogens (tertiary/aromatic N) is 6. The molecule has 0 unspecified atom stereocenters. The molecule has 0 amide bonds. The van der Waals surface area contributed by atoms with Crippen LogP contribution in [0.3, 0.4) is 0 Å². The van der Waals surface area contributed by atoms with E-state index in [4.69, 9.17) is 4.98 Å². The number of aromatic nitrogens is 3. The van der Waals surface area contributed by atoms with E-state index in [0.717, 1.165) is 29.1 Å². The molecule has 0 radical (unpaired) electrons. The molecule has 40 heavy (non-hydrogen) atoms. The van der Waals surface area contributed by atoms with Gasteiger partial charge in [0, 0.05) is 73.2 Å². The molecule has 0 aromatic carbocycles. The summed E-state index contributed by atoms with van der Waals surface area (Å²) in [6.45, 7) is 11.1. The first-order valence-corrected chi connectivity index (χ1v) is 15.6. The van der Waals surface area contributed by atoms with Gasteiger partial charge in [-0.05, 0) is 61.8 Å². The highest BCUT2D eigenvalue weighted by molar-refractivity contribution is 5.83. The highest BCUT2D eigenvalue weighted by atomic mass is 15.2. The predicted octanol–water partition coefficient (Wildman–Crippen LogP) is 6.72. The van der Waals surface area contributed by atoms with Crippen molar-refractivity contribution in [3.05, 3.63) is 72.1 Å². The summed E-state index contributed by atoms with van der Waals surface area (Å²) >= 11 is 0. The molecular weight excluding hydrogens is 492 g/mol. The Morgan fingerprint density at radius 2 is 1.62 bits per heavy atom. The zero-order chi connectivity index (χ0) is 26.7. The average molecular weight is 535 g/mol. The molecule has 0 atom stereocenters. The molecule has 3 aromatic rings. The molecular formula is C34H42N6. The van der Waals surface area contributed by atoms with Crippen molar-refractivity contribution in [3.8, 4) is 0 Å². The van der Waals surface area contributed by atoms with Gasteiger partial charge in [0.15, 0.2) is 0 Å². The molecule has 2 spiro atoms. The largest absolute Gasteiger partial charge is 0.369 e. The molecule has 2 saturated carbocycles. The fourth-order valence-corrected chi connectivity index (χ4v) is 8.61. The molecule has 5 aliphatic rings. The number of imidazole rings is 1. The van der Waals surface area contributed by atoms with E-state index in [9.17, 15) is 0 Å². The smallest absolute Gasteiger partial charge is 0.137 e. The van der Waals surface area contributed by atoms with E-state index in [0.29, 0.717) is 17.4 Å². The van der Waals surface area contributed by atoms with Crippen molar-refractivity contribution >= 4 is 23.1 Å². The lowest BCUT2D eigenvalue weighted by molar-refractivity contribution is 0.139. The summed E-state index contributed by atoms with van der Waals surface area (Å²) in [5, 5.41) is 0. The number of pyridine rings is 2. The van der Waals surface area contributed by atoms with Crippen LogP contribution in [-0.2, 0) is 13.1 Å². The van der Waals surface area contributed by atoms with E-state index < -0.39 is 0 Å². The Labute approximate surface area is 238 Å². The van der Waals surface area contributed by atoms with Gasteiger partial charge in [0.05, 0.1) is 24.1 Å².